The fourth-order valence-electron chi connectivity index (χ4n) is 9.68. The summed E-state index contributed by atoms with van der Waals surface area (Å²) in [7, 11) is 10.00. The standard InChI is InChI=1S/C60H109N11O12/c1-25-27-28-38(13)50(73)49(54(77)64-43(26-2)57(80)65(18)32-47(72)67(20)44(51(61)74)29-33(3)4)71(24)60(83)48(37(11)12)70(23)59(82)46(31-35(7)8)69(22)58(81)45(30-34(5)6)68(21)56(79)41(16)63-52(75)40(15)62-53(76)42(17)66(19)55(78)39(14)36(9)10/h25,27,33-46,48-50,73H,26,28-32H2,1-24H3,(H2,61,74)(H,62,76)(H,63,75)(H,64,77)/b27-25+/t38-,39-,40-,41+,42+,43-,44+,45-,46-,48-,49?,50+/m1/s1. The largest absolute Gasteiger partial charge is 0.390 e. The van der Waals surface area contributed by atoms with Crippen LogP contribution in [0.1, 0.15) is 150 Å². The zero-order valence-electron chi connectivity index (χ0n) is 54.9. The molecule has 0 aliphatic carbocycles. The van der Waals surface area contributed by atoms with Crippen LogP contribution in [-0.4, -0.2) is 221 Å². The summed E-state index contributed by atoms with van der Waals surface area (Å²) in [5, 5.41) is 20.0. The molecule has 11 amide bonds. The quantitative estimate of drug-likeness (QED) is 0.0582. The van der Waals surface area contributed by atoms with Gasteiger partial charge in [0.05, 0.1) is 12.6 Å². The number of hydrogen-bond acceptors (Lipinski definition) is 12. The van der Waals surface area contributed by atoms with Gasteiger partial charge in [-0.1, -0.05) is 102 Å². The van der Waals surface area contributed by atoms with E-state index >= 15 is 9.59 Å². The summed E-state index contributed by atoms with van der Waals surface area (Å²) < 4.78 is 0. The molecule has 23 heteroatoms. The number of carbonyl (C=O) groups excluding carboxylic acids is 11. The highest BCUT2D eigenvalue weighted by atomic mass is 16.3. The molecule has 476 valence electrons. The summed E-state index contributed by atoms with van der Waals surface area (Å²) in [5.41, 5.74) is 5.62. The van der Waals surface area contributed by atoms with E-state index in [-0.39, 0.29) is 54.8 Å². The van der Waals surface area contributed by atoms with Crippen LogP contribution in [0.25, 0.3) is 0 Å². The first kappa shape index (κ1) is 76.9. The number of likely N-dealkylation sites (N-methyl/N-ethyl adjacent to an activating group) is 7. The van der Waals surface area contributed by atoms with Crippen molar-refractivity contribution in [1.29, 1.82) is 0 Å². The molecule has 23 nitrogen and oxygen atoms in total. The van der Waals surface area contributed by atoms with E-state index in [0.717, 1.165) is 9.80 Å². The lowest BCUT2D eigenvalue weighted by molar-refractivity contribution is -0.157. The first-order valence-corrected chi connectivity index (χ1v) is 29.5. The molecule has 1 unspecified atom stereocenters. The van der Waals surface area contributed by atoms with E-state index in [2.05, 4.69) is 16.0 Å². The summed E-state index contributed by atoms with van der Waals surface area (Å²) in [5.74, 6) is -8.52. The van der Waals surface area contributed by atoms with Crippen molar-refractivity contribution in [2.45, 2.75) is 210 Å². The van der Waals surface area contributed by atoms with Crippen molar-refractivity contribution < 1.29 is 57.8 Å². The fraction of sp³-hybridized carbons (Fsp3) is 0.783. The van der Waals surface area contributed by atoms with Gasteiger partial charge in [-0.3, -0.25) is 52.7 Å². The first-order chi connectivity index (χ1) is 38.2. The molecule has 0 saturated heterocycles. The molecular formula is C60H109N11O12. The highest BCUT2D eigenvalue weighted by molar-refractivity contribution is 5.98. The number of nitrogens with zero attached hydrogens (tertiary/aromatic N) is 7. The predicted molar refractivity (Wildman–Crippen MR) is 321 cm³/mol. The summed E-state index contributed by atoms with van der Waals surface area (Å²) in [6.07, 6.45) is 3.08. The minimum Gasteiger partial charge on any atom is -0.390 e. The van der Waals surface area contributed by atoms with E-state index in [1.54, 1.807) is 60.6 Å². The van der Waals surface area contributed by atoms with Crippen molar-refractivity contribution in [3.63, 3.8) is 0 Å². The van der Waals surface area contributed by atoms with Crippen molar-refractivity contribution in [3.05, 3.63) is 12.2 Å². The molecule has 12 atom stereocenters. The molecule has 0 aliphatic heterocycles. The van der Waals surface area contributed by atoms with Gasteiger partial charge in [0.15, 0.2) is 0 Å². The zero-order chi connectivity index (χ0) is 65.0. The van der Waals surface area contributed by atoms with Crippen molar-refractivity contribution in [3.8, 4) is 0 Å². The van der Waals surface area contributed by atoms with Crippen LogP contribution in [0.2, 0.25) is 0 Å². The Morgan fingerprint density at radius 3 is 1.36 bits per heavy atom. The van der Waals surface area contributed by atoms with E-state index in [1.807, 2.05) is 55.4 Å². The second-order valence-corrected chi connectivity index (χ2v) is 24.8. The number of aliphatic hydroxyl groups is 1. The van der Waals surface area contributed by atoms with Gasteiger partial charge in [-0.05, 0) is 95.3 Å². The highest BCUT2D eigenvalue weighted by Gasteiger charge is 2.45. The first-order valence-electron chi connectivity index (χ1n) is 29.5. The predicted octanol–water partition coefficient (Wildman–Crippen LogP) is 2.87. The van der Waals surface area contributed by atoms with Gasteiger partial charge in [0.1, 0.15) is 54.4 Å². The number of allylic oxidation sites excluding steroid dienone is 2. The second-order valence-electron chi connectivity index (χ2n) is 24.8. The number of rotatable bonds is 34. The van der Waals surface area contributed by atoms with Crippen LogP contribution in [0, 0.1) is 41.4 Å². The van der Waals surface area contributed by atoms with Gasteiger partial charge in [0.25, 0.3) is 0 Å². The Kier molecular flexibility index (Phi) is 32.6. The van der Waals surface area contributed by atoms with Crippen molar-refractivity contribution in [1.82, 2.24) is 50.2 Å². The van der Waals surface area contributed by atoms with E-state index in [0.29, 0.717) is 12.8 Å². The molecule has 6 N–H and O–H groups in total. The third kappa shape index (κ3) is 22.4. The topological polar surface area (TPSA) is 293 Å². The minimum absolute atomic E-state index is 0.0375. The number of carbonyl (C=O) groups is 11. The lowest BCUT2D eigenvalue weighted by Crippen LogP contribution is -2.63. The van der Waals surface area contributed by atoms with Gasteiger partial charge in [0, 0.05) is 55.3 Å². The molecule has 0 rings (SSSR count). The van der Waals surface area contributed by atoms with Gasteiger partial charge >= 0.3 is 0 Å². The molecule has 0 aromatic rings. The maximum Gasteiger partial charge on any atom is 0.246 e. The maximum atomic E-state index is 15.1. The van der Waals surface area contributed by atoms with Gasteiger partial charge in [-0.25, -0.2) is 0 Å². The number of nitrogens with two attached hydrogens (primary N) is 1. The Labute approximate surface area is 496 Å². The van der Waals surface area contributed by atoms with Crippen molar-refractivity contribution in [2.24, 2.45) is 47.2 Å². The van der Waals surface area contributed by atoms with Crippen LogP contribution in [0.5, 0.6) is 0 Å². The van der Waals surface area contributed by atoms with E-state index in [9.17, 15) is 48.3 Å². The summed E-state index contributed by atoms with van der Waals surface area (Å²) in [6, 6.07) is -10.4. The van der Waals surface area contributed by atoms with Crippen LogP contribution >= 0.6 is 0 Å². The zero-order valence-corrected chi connectivity index (χ0v) is 54.9. The average Bonchev–Trinajstić information content (AvgIpc) is 3.44. The summed E-state index contributed by atoms with van der Waals surface area (Å²) in [4.78, 5) is 161. The van der Waals surface area contributed by atoms with Gasteiger partial charge in [-0.15, -0.1) is 0 Å². The molecule has 0 saturated carbocycles. The van der Waals surface area contributed by atoms with Crippen LogP contribution in [0.3, 0.4) is 0 Å². The van der Waals surface area contributed by atoms with Crippen LogP contribution in [0.4, 0.5) is 0 Å². The van der Waals surface area contributed by atoms with E-state index in [4.69, 9.17) is 5.73 Å². The van der Waals surface area contributed by atoms with Crippen molar-refractivity contribution >= 4 is 65.0 Å². The van der Waals surface area contributed by atoms with Gasteiger partial charge in [0.2, 0.25) is 65.0 Å². The van der Waals surface area contributed by atoms with E-state index < -0.39 is 138 Å². The Hall–Kier alpha value is -6.13. The second kappa shape index (κ2) is 35.2. The lowest BCUT2D eigenvalue weighted by atomic mass is 9.91. The van der Waals surface area contributed by atoms with Crippen LogP contribution < -0.4 is 21.7 Å². The Balaban J connectivity index is 7.00. The third-order valence-electron chi connectivity index (χ3n) is 15.8. The van der Waals surface area contributed by atoms with E-state index in [1.165, 1.54) is 87.7 Å². The maximum absolute atomic E-state index is 15.1. The molecule has 0 aliphatic rings. The SMILES string of the molecule is C/C=C/C[C@@H](C)[C@H](O)C(C(=O)N[C@H](CC)C(=O)N(C)CC(=O)N(C)[C@@H](CC(C)C)C(N)=O)N(C)C(=O)[C@@H](C(C)C)N(C)C(=O)[C@@H](CC(C)C)N(C)C(=O)[C@@H](CC(C)C)N(C)C(=O)[C@H](C)NC(=O)[C@@H](C)NC(=O)[C@H](C)N(C)C(=O)[C@H](C)C(C)C. The molecule has 0 fully saturated rings. The highest BCUT2D eigenvalue weighted by Crippen LogP contribution is 2.25. The molecule has 0 aromatic heterocycles. The number of amides is 11. The minimum atomic E-state index is -1.60. The monoisotopic (exact) mass is 1180 g/mol. The molecule has 0 heterocycles. The van der Waals surface area contributed by atoms with Gasteiger partial charge in [-0.2, -0.15) is 0 Å². The Bertz CT molecular complexity index is 2240. The number of aliphatic hydroxyl groups excluding tert-OH is 1. The molecule has 83 heavy (non-hydrogen) atoms. The Morgan fingerprint density at radius 1 is 0.482 bits per heavy atom. The van der Waals surface area contributed by atoms with Gasteiger partial charge < -0.3 is 61.1 Å². The molecule has 0 spiro atoms. The molecule has 0 radical (unpaired) electrons. The summed E-state index contributed by atoms with van der Waals surface area (Å²) >= 11 is 0. The van der Waals surface area contributed by atoms with Crippen molar-refractivity contribution in [2.75, 3.05) is 55.9 Å². The fourth-order valence-corrected chi connectivity index (χ4v) is 9.68. The number of primary amides is 1. The van der Waals surface area contributed by atoms with Crippen LogP contribution in [-0.2, 0) is 52.7 Å². The molecule has 0 bridgehead atoms. The summed E-state index contributed by atoms with van der Waals surface area (Å²) in [6.45, 7) is 29.4. The number of hydrogen-bond donors (Lipinski definition) is 5. The lowest BCUT2D eigenvalue weighted by Gasteiger charge is -2.41. The smallest absolute Gasteiger partial charge is 0.246 e. The molecule has 0 aromatic carbocycles. The average molecular weight is 1180 g/mol. The normalized spacial score (nSPS) is 16.1. The van der Waals surface area contributed by atoms with Crippen LogP contribution in [0.15, 0.2) is 12.2 Å². The molecular weight excluding hydrogens is 1070 g/mol. The number of nitrogens with one attached hydrogen (secondary N) is 3. The third-order valence-corrected chi connectivity index (χ3v) is 15.8. The Morgan fingerprint density at radius 2 is 0.928 bits per heavy atom.